The molecule has 0 saturated heterocycles. The van der Waals surface area contributed by atoms with Crippen LogP contribution >= 0.6 is 11.8 Å². The summed E-state index contributed by atoms with van der Waals surface area (Å²) in [6.45, 7) is 14.8. The van der Waals surface area contributed by atoms with Gasteiger partial charge in [-0.3, -0.25) is 0 Å². The Bertz CT molecular complexity index is 423. The Labute approximate surface area is 116 Å². The molecule has 1 aliphatic heterocycles. The van der Waals surface area contributed by atoms with E-state index in [-0.39, 0.29) is 16.8 Å². The first-order valence-corrected chi connectivity index (χ1v) is 7.63. The Balaban J connectivity index is 0.000000771. The van der Waals surface area contributed by atoms with E-state index < -0.39 is 0 Å². The first kappa shape index (κ1) is 15.6. The predicted octanol–water partition coefficient (Wildman–Crippen LogP) is 4.88. The Morgan fingerprint density at radius 1 is 1.17 bits per heavy atom. The first-order chi connectivity index (χ1) is 8.34. The number of thioether (sulfide) groups is 1. The van der Waals surface area contributed by atoms with E-state index in [0.717, 1.165) is 5.56 Å². The van der Waals surface area contributed by atoms with Crippen LogP contribution in [0.25, 0.3) is 0 Å². The van der Waals surface area contributed by atoms with Crippen LogP contribution in [0.1, 0.15) is 57.4 Å². The number of aliphatic hydroxyl groups is 1. The van der Waals surface area contributed by atoms with Gasteiger partial charge in [0.05, 0.1) is 6.10 Å². The van der Waals surface area contributed by atoms with Crippen LogP contribution in [-0.2, 0) is 0 Å². The molecule has 0 amide bonds. The highest BCUT2D eigenvalue weighted by molar-refractivity contribution is 8.00. The number of rotatable bonds is 0. The molecule has 1 aliphatic rings. The zero-order chi connectivity index (χ0) is 14.1. The average molecular weight is 266 g/mol. The number of fused-ring (bicyclic) bond motifs is 1. The summed E-state index contributed by atoms with van der Waals surface area (Å²) in [5.74, 6) is 0.283. The lowest BCUT2D eigenvalue weighted by Crippen LogP contribution is -2.34. The zero-order valence-electron chi connectivity index (χ0n) is 12.7. The fourth-order valence-corrected chi connectivity index (χ4v) is 3.68. The maximum Gasteiger partial charge on any atom is 0.0842 e. The van der Waals surface area contributed by atoms with Crippen molar-refractivity contribution >= 4 is 11.8 Å². The largest absolute Gasteiger partial charge is 0.388 e. The molecule has 102 valence electrons. The van der Waals surface area contributed by atoms with Crippen molar-refractivity contribution in [3.05, 3.63) is 28.8 Å². The molecule has 0 spiro atoms. The normalized spacial score (nSPS) is 24.9. The molecule has 2 unspecified atom stereocenters. The molecule has 2 heteroatoms. The lowest BCUT2D eigenvalue weighted by molar-refractivity contribution is 0.0944. The molecular formula is C16H26OS. The van der Waals surface area contributed by atoms with Crippen LogP contribution in [0, 0.1) is 19.8 Å². The van der Waals surface area contributed by atoms with Crippen LogP contribution < -0.4 is 0 Å². The van der Waals surface area contributed by atoms with Crippen LogP contribution in [0.15, 0.2) is 17.0 Å². The predicted molar refractivity (Wildman–Crippen MR) is 81.3 cm³/mol. The second-order valence-electron chi connectivity index (χ2n) is 5.36. The summed E-state index contributed by atoms with van der Waals surface area (Å²) in [5.41, 5.74) is 3.67. The smallest absolute Gasteiger partial charge is 0.0842 e. The van der Waals surface area contributed by atoms with Crippen LogP contribution in [-0.4, -0.2) is 9.85 Å². The number of hydrogen-bond donors (Lipinski definition) is 1. The van der Waals surface area contributed by atoms with E-state index >= 15 is 0 Å². The van der Waals surface area contributed by atoms with Crippen LogP contribution in [0.4, 0.5) is 0 Å². The van der Waals surface area contributed by atoms with E-state index in [1.165, 1.54) is 16.0 Å². The van der Waals surface area contributed by atoms with Crippen molar-refractivity contribution in [3.8, 4) is 0 Å². The summed E-state index contributed by atoms with van der Waals surface area (Å²) in [6, 6.07) is 4.30. The molecule has 2 rings (SSSR count). The molecule has 0 aliphatic carbocycles. The average Bonchev–Trinajstić information content (AvgIpc) is 2.33. The summed E-state index contributed by atoms with van der Waals surface area (Å²) in [6.07, 6.45) is -0.328. The van der Waals surface area contributed by atoms with Crippen molar-refractivity contribution < 1.29 is 5.11 Å². The van der Waals surface area contributed by atoms with Crippen molar-refractivity contribution in [3.63, 3.8) is 0 Å². The fraction of sp³-hybridized carbons (Fsp3) is 0.625. The number of aliphatic hydroxyl groups excluding tert-OH is 1. The summed E-state index contributed by atoms with van der Waals surface area (Å²) in [7, 11) is 0. The van der Waals surface area contributed by atoms with Crippen molar-refractivity contribution in [1.29, 1.82) is 0 Å². The molecular weight excluding hydrogens is 240 g/mol. The molecule has 1 nitrogen and oxygen atoms in total. The fourth-order valence-electron chi connectivity index (χ4n) is 2.28. The van der Waals surface area contributed by atoms with Gasteiger partial charge in [-0.25, -0.2) is 0 Å². The van der Waals surface area contributed by atoms with Gasteiger partial charge in [0.1, 0.15) is 0 Å². The summed E-state index contributed by atoms with van der Waals surface area (Å²) in [5, 5.41) is 10.5. The van der Waals surface area contributed by atoms with E-state index in [4.69, 9.17) is 0 Å². The molecule has 2 atom stereocenters. The Morgan fingerprint density at radius 3 is 2.28 bits per heavy atom. The topological polar surface area (TPSA) is 20.2 Å². The molecule has 0 aromatic heterocycles. The molecule has 1 N–H and O–H groups in total. The third-order valence-corrected chi connectivity index (χ3v) is 5.46. The van der Waals surface area contributed by atoms with E-state index in [1.807, 2.05) is 25.6 Å². The standard InChI is InChI=1S/C14H20OS.C2H6/c1-8-6-7-11-12(9(8)2)13(15)10(3)14(4,5)16-11;1-2/h6-7,10,13,15H,1-5H3;1-2H3. The maximum atomic E-state index is 10.5. The van der Waals surface area contributed by atoms with E-state index in [1.54, 1.807) is 0 Å². The van der Waals surface area contributed by atoms with E-state index in [9.17, 15) is 5.11 Å². The van der Waals surface area contributed by atoms with E-state index in [0.29, 0.717) is 0 Å². The van der Waals surface area contributed by atoms with Crippen molar-refractivity contribution in [2.45, 2.75) is 64.2 Å². The zero-order valence-corrected chi connectivity index (χ0v) is 13.5. The van der Waals surface area contributed by atoms with Crippen molar-refractivity contribution in [2.24, 2.45) is 5.92 Å². The summed E-state index contributed by atoms with van der Waals surface area (Å²) < 4.78 is 0.105. The molecule has 1 aromatic carbocycles. The van der Waals surface area contributed by atoms with Gasteiger partial charge >= 0.3 is 0 Å². The molecule has 0 saturated carbocycles. The highest BCUT2D eigenvalue weighted by Gasteiger charge is 2.39. The molecule has 0 bridgehead atoms. The second kappa shape index (κ2) is 5.66. The molecule has 0 fully saturated rings. The molecule has 1 heterocycles. The SMILES string of the molecule is CC.Cc1ccc2c(c1C)C(O)C(C)C(C)(C)S2. The second-order valence-corrected chi connectivity index (χ2v) is 7.05. The highest BCUT2D eigenvalue weighted by Crippen LogP contribution is 2.51. The summed E-state index contributed by atoms with van der Waals surface area (Å²) in [4.78, 5) is 1.25. The lowest BCUT2D eigenvalue weighted by atomic mass is 9.84. The quantitative estimate of drug-likeness (QED) is 0.722. The van der Waals surface area contributed by atoms with Gasteiger partial charge < -0.3 is 5.11 Å². The molecule has 18 heavy (non-hydrogen) atoms. The van der Waals surface area contributed by atoms with Crippen molar-refractivity contribution in [1.82, 2.24) is 0 Å². The maximum absolute atomic E-state index is 10.5. The van der Waals surface area contributed by atoms with Gasteiger partial charge in [0.15, 0.2) is 0 Å². The summed E-state index contributed by atoms with van der Waals surface area (Å²) >= 11 is 1.89. The van der Waals surface area contributed by atoms with Gasteiger partial charge in [-0.15, -0.1) is 11.8 Å². The minimum atomic E-state index is -0.328. The number of benzene rings is 1. The minimum absolute atomic E-state index is 0.105. The van der Waals surface area contributed by atoms with Crippen LogP contribution in [0.5, 0.6) is 0 Å². The Hall–Kier alpha value is -0.470. The monoisotopic (exact) mass is 266 g/mol. The highest BCUT2D eigenvalue weighted by atomic mass is 32.2. The molecule has 0 radical (unpaired) electrons. The molecule has 1 aromatic rings. The first-order valence-electron chi connectivity index (χ1n) is 6.82. The minimum Gasteiger partial charge on any atom is -0.388 e. The van der Waals surface area contributed by atoms with Gasteiger partial charge in [-0.1, -0.05) is 26.8 Å². The lowest BCUT2D eigenvalue weighted by Gasteiger charge is -2.41. The third kappa shape index (κ3) is 2.60. The third-order valence-electron chi connectivity index (χ3n) is 3.98. The van der Waals surface area contributed by atoms with Crippen molar-refractivity contribution in [2.75, 3.05) is 0 Å². The Kier molecular flexibility index (Phi) is 4.90. The van der Waals surface area contributed by atoms with Gasteiger partial charge in [-0.2, -0.15) is 0 Å². The van der Waals surface area contributed by atoms with Gasteiger partial charge in [0.2, 0.25) is 0 Å². The van der Waals surface area contributed by atoms with Gasteiger partial charge in [0, 0.05) is 15.6 Å². The number of aryl methyl sites for hydroxylation is 1. The Morgan fingerprint density at radius 2 is 1.72 bits per heavy atom. The van der Waals surface area contributed by atoms with Gasteiger partial charge in [0.25, 0.3) is 0 Å². The van der Waals surface area contributed by atoms with Crippen LogP contribution in [0.3, 0.4) is 0 Å². The van der Waals surface area contributed by atoms with Gasteiger partial charge in [-0.05, 0) is 50.5 Å². The number of hydrogen-bond acceptors (Lipinski definition) is 2. The van der Waals surface area contributed by atoms with E-state index in [2.05, 4.69) is 46.8 Å². The van der Waals surface area contributed by atoms with Crippen LogP contribution in [0.2, 0.25) is 0 Å².